The average Bonchev–Trinajstić information content (AvgIpc) is 2.77. The van der Waals surface area contributed by atoms with E-state index < -0.39 is 5.97 Å². The van der Waals surface area contributed by atoms with Crippen molar-refractivity contribution in [3.63, 3.8) is 0 Å². The molecule has 0 radical (unpaired) electrons. The Balaban J connectivity index is 0. The van der Waals surface area contributed by atoms with E-state index in [9.17, 15) is 9.90 Å². The fourth-order valence-electron chi connectivity index (χ4n) is 4.33. The maximum absolute atomic E-state index is 10.1. The van der Waals surface area contributed by atoms with Crippen LogP contribution in [0.25, 0.3) is 0 Å². The minimum Gasteiger partial charge on any atom is -0.550 e. The number of carboxylic acid groups (broad SMARTS) is 1. The van der Waals surface area contributed by atoms with Crippen molar-refractivity contribution in [1.82, 2.24) is 0 Å². The molecule has 0 fully saturated rings. The van der Waals surface area contributed by atoms with Crippen LogP contribution in [0.4, 0.5) is 0 Å². The van der Waals surface area contributed by atoms with E-state index in [4.69, 9.17) is 0 Å². The van der Waals surface area contributed by atoms with Crippen LogP contribution >= 0.6 is 0 Å². The first-order valence-electron chi connectivity index (χ1n) is 14.9. The van der Waals surface area contributed by atoms with Gasteiger partial charge >= 0.3 is 0 Å². The highest BCUT2D eigenvalue weighted by atomic mass is 16.4. The van der Waals surface area contributed by atoms with Crippen LogP contribution in [0.15, 0.2) is 0 Å². The molecule has 33 heavy (non-hydrogen) atoms. The lowest BCUT2D eigenvalue weighted by atomic mass is 10.1. The Kier molecular flexibility index (Phi) is 29.0. The van der Waals surface area contributed by atoms with Crippen molar-refractivity contribution in [1.29, 1.82) is 0 Å². The summed E-state index contributed by atoms with van der Waals surface area (Å²) < 4.78 is 1.24. The fraction of sp³-hybridized carbons (Fsp3) is 0.967. The van der Waals surface area contributed by atoms with Gasteiger partial charge in [0.2, 0.25) is 0 Å². The lowest BCUT2D eigenvalue weighted by Gasteiger charge is -2.30. The van der Waals surface area contributed by atoms with Gasteiger partial charge in [-0.1, -0.05) is 124 Å². The van der Waals surface area contributed by atoms with Gasteiger partial charge in [0.15, 0.2) is 0 Å². The summed E-state index contributed by atoms with van der Waals surface area (Å²) in [4.78, 5) is 10.1. The van der Waals surface area contributed by atoms with E-state index in [-0.39, 0.29) is 6.42 Å². The maximum Gasteiger partial charge on any atom is 0.0782 e. The Hall–Kier alpha value is -0.570. The molecule has 200 valence electrons. The molecule has 0 unspecified atom stereocenters. The average molecular weight is 470 g/mol. The lowest BCUT2D eigenvalue weighted by molar-refractivity contribution is -0.890. The summed E-state index contributed by atoms with van der Waals surface area (Å²) in [6, 6.07) is 0. The number of carbonyl (C=O) groups is 1. The monoisotopic (exact) mass is 469 g/mol. The molecule has 0 rings (SSSR count). The molecule has 0 N–H and O–H groups in total. The molecule has 0 aromatic carbocycles. The number of hydrogen-bond acceptors (Lipinski definition) is 2. The first-order valence-corrected chi connectivity index (χ1v) is 14.9. The van der Waals surface area contributed by atoms with E-state index >= 15 is 0 Å². The molecule has 0 aliphatic carbocycles. The largest absolute Gasteiger partial charge is 0.550 e. The second-order valence-corrected chi connectivity index (χ2v) is 10.9. The van der Waals surface area contributed by atoms with Crippen LogP contribution in [0, 0.1) is 0 Å². The lowest BCUT2D eigenvalue weighted by Crippen LogP contribution is -2.41. The highest BCUT2D eigenvalue weighted by Gasteiger charge is 2.13. The third-order valence-corrected chi connectivity index (χ3v) is 6.72. The molecule has 0 aromatic heterocycles. The normalized spacial score (nSPS) is 11.3. The molecular weight excluding hydrogens is 406 g/mol. The van der Waals surface area contributed by atoms with E-state index in [2.05, 4.69) is 34.9 Å². The molecule has 0 bridgehead atoms. The van der Waals surface area contributed by atoms with Crippen LogP contribution < -0.4 is 5.11 Å². The Morgan fingerprint density at radius 1 is 0.485 bits per heavy atom. The molecule has 0 spiro atoms. The summed E-state index contributed by atoms with van der Waals surface area (Å²) in [5.74, 6) is -0.909. The third kappa shape index (κ3) is 33.7. The Labute approximate surface area is 209 Å². The number of rotatable bonds is 24. The number of nitrogens with zero attached hydrogens (tertiary/aromatic N) is 1. The van der Waals surface area contributed by atoms with Gasteiger partial charge in [0.1, 0.15) is 0 Å². The molecule has 3 heteroatoms. The van der Waals surface area contributed by atoms with E-state index in [1.165, 1.54) is 140 Å². The van der Waals surface area contributed by atoms with Crippen LogP contribution in [0.1, 0.15) is 162 Å². The molecular formula is C30H63NO2. The van der Waals surface area contributed by atoms with Crippen LogP contribution in [0.5, 0.6) is 0 Å². The number of carboxylic acids is 1. The fourth-order valence-corrected chi connectivity index (χ4v) is 4.33. The van der Waals surface area contributed by atoms with Crippen molar-refractivity contribution in [2.45, 2.75) is 162 Å². The van der Waals surface area contributed by atoms with Crippen LogP contribution in [0.3, 0.4) is 0 Å². The van der Waals surface area contributed by atoms with Crippen molar-refractivity contribution in [3.05, 3.63) is 0 Å². The Morgan fingerprint density at radius 3 is 1.06 bits per heavy atom. The summed E-state index contributed by atoms with van der Waals surface area (Å²) in [7, 11) is 4.83. The van der Waals surface area contributed by atoms with Gasteiger partial charge in [-0.15, -0.1) is 0 Å². The van der Waals surface area contributed by atoms with E-state index in [0.717, 1.165) is 12.8 Å². The SMILES string of the molecule is CCCCCCCCCCCC(=O)[O-].CCCCCCCC[N+](C)(C)CCCCCCCC. The quantitative estimate of drug-likeness (QED) is 0.105. The van der Waals surface area contributed by atoms with Crippen molar-refractivity contribution in [2.75, 3.05) is 27.2 Å². The van der Waals surface area contributed by atoms with Gasteiger partial charge in [-0.3, -0.25) is 0 Å². The maximum atomic E-state index is 10.1. The molecule has 0 aliphatic rings. The summed E-state index contributed by atoms with van der Waals surface area (Å²) in [5, 5.41) is 10.1. The minimum absolute atomic E-state index is 0.232. The summed E-state index contributed by atoms with van der Waals surface area (Å²) >= 11 is 0. The number of hydrogen-bond donors (Lipinski definition) is 0. The van der Waals surface area contributed by atoms with Gasteiger partial charge in [-0.05, 0) is 38.5 Å². The van der Waals surface area contributed by atoms with Crippen molar-refractivity contribution in [3.8, 4) is 0 Å². The molecule has 0 heterocycles. The number of unbranched alkanes of at least 4 members (excludes halogenated alkanes) is 18. The van der Waals surface area contributed by atoms with E-state index in [1.807, 2.05) is 0 Å². The number of quaternary nitrogens is 1. The van der Waals surface area contributed by atoms with Gasteiger partial charge < -0.3 is 14.4 Å². The number of aliphatic carboxylic acids is 1. The number of carbonyl (C=O) groups excluding carboxylic acids is 1. The highest BCUT2D eigenvalue weighted by Crippen LogP contribution is 2.12. The Morgan fingerprint density at radius 2 is 0.758 bits per heavy atom. The van der Waals surface area contributed by atoms with Crippen LogP contribution in [-0.2, 0) is 4.79 Å². The van der Waals surface area contributed by atoms with Gasteiger partial charge in [0.25, 0.3) is 0 Å². The predicted octanol–water partition coefficient (Wildman–Crippen LogP) is 8.44. The zero-order valence-electron chi connectivity index (χ0n) is 23.7. The van der Waals surface area contributed by atoms with Crippen LogP contribution in [-0.4, -0.2) is 37.6 Å². The second-order valence-electron chi connectivity index (χ2n) is 10.9. The molecule has 0 saturated carbocycles. The van der Waals surface area contributed by atoms with E-state index in [0.29, 0.717) is 0 Å². The van der Waals surface area contributed by atoms with Gasteiger partial charge in [0.05, 0.1) is 27.2 Å². The molecule has 0 amide bonds. The van der Waals surface area contributed by atoms with Crippen LogP contribution in [0.2, 0.25) is 0 Å². The topological polar surface area (TPSA) is 40.1 Å². The van der Waals surface area contributed by atoms with Gasteiger partial charge in [-0.2, -0.15) is 0 Å². The summed E-state index contributed by atoms with van der Waals surface area (Å²) in [6.45, 7) is 9.56. The molecule has 0 aliphatic heterocycles. The second kappa shape index (κ2) is 27.7. The van der Waals surface area contributed by atoms with Gasteiger partial charge in [0, 0.05) is 5.97 Å². The molecule has 0 aromatic rings. The first-order chi connectivity index (χ1) is 15.9. The van der Waals surface area contributed by atoms with Crippen molar-refractivity contribution >= 4 is 5.97 Å². The third-order valence-electron chi connectivity index (χ3n) is 6.72. The molecule has 3 nitrogen and oxygen atoms in total. The Bertz CT molecular complexity index is 363. The van der Waals surface area contributed by atoms with Gasteiger partial charge in [-0.25, -0.2) is 0 Å². The van der Waals surface area contributed by atoms with Crippen molar-refractivity contribution in [2.24, 2.45) is 0 Å². The zero-order valence-corrected chi connectivity index (χ0v) is 23.7. The molecule has 0 saturated heterocycles. The minimum atomic E-state index is -0.909. The smallest absolute Gasteiger partial charge is 0.0782 e. The summed E-state index contributed by atoms with van der Waals surface area (Å²) in [5.41, 5.74) is 0. The predicted molar refractivity (Wildman–Crippen MR) is 145 cm³/mol. The zero-order chi connectivity index (χ0) is 25.0. The summed E-state index contributed by atoms with van der Waals surface area (Å²) in [6.07, 6.45) is 28.3. The first kappa shape index (κ1) is 34.6. The standard InChI is InChI=1S/C18H40N.C12H24O2/c1-5-7-9-11-13-15-17-19(3,4)18-16-14-12-10-8-6-2;1-2-3-4-5-6-7-8-9-10-11-12(13)14/h5-18H2,1-4H3;2-11H2,1H3,(H,13,14)/q+1;/p-1. The highest BCUT2D eigenvalue weighted by molar-refractivity contribution is 5.63. The van der Waals surface area contributed by atoms with Crippen molar-refractivity contribution < 1.29 is 14.4 Å². The van der Waals surface area contributed by atoms with E-state index in [1.54, 1.807) is 0 Å². The molecule has 0 atom stereocenters.